The molecule has 2 unspecified atom stereocenters. The zero-order valence-electron chi connectivity index (χ0n) is 21.3. The van der Waals surface area contributed by atoms with E-state index in [9.17, 15) is 4.79 Å². The Labute approximate surface area is 210 Å². The lowest BCUT2D eigenvalue weighted by atomic mass is 9.94. The SMILES string of the molecule is C=CCC(CC)C(C)Nc1ccc(C(=O)OCC)cc1N(CC1=C=C=CC=C1)CC1=CC=CCC1. The van der Waals surface area contributed by atoms with Crippen molar-refractivity contribution < 1.29 is 9.53 Å². The minimum atomic E-state index is -0.300. The maximum Gasteiger partial charge on any atom is 0.338 e. The summed E-state index contributed by atoms with van der Waals surface area (Å²) < 4.78 is 5.32. The molecule has 0 saturated heterocycles. The van der Waals surface area contributed by atoms with Gasteiger partial charge in [-0.15, -0.1) is 6.58 Å². The molecule has 1 aromatic carbocycles. The summed E-state index contributed by atoms with van der Waals surface area (Å²) >= 11 is 0. The first-order valence-electron chi connectivity index (χ1n) is 12.7. The normalized spacial score (nSPS) is 15.7. The summed E-state index contributed by atoms with van der Waals surface area (Å²) in [6.45, 7) is 12.0. The van der Waals surface area contributed by atoms with Gasteiger partial charge in [-0.25, -0.2) is 4.79 Å². The summed E-state index contributed by atoms with van der Waals surface area (Å²) in [5.41, 5.74) is 11.3. The Bertz CT molecular complexity index is 1090. The standard InChI is InChI=1S/C31H38N2O2/c1-5-14-27(6-2)24(4)32-29-20-19-28(31(34)35-7-3)21-30(29)33(22-25-15-10-8-11-16-25)23-26-17-12-9-13-18-26/h5,8-10,12,15,17,19-21,24,27,32H,1,6-7,11,14,16,22-23H2,2-4H3. The van der Waals surface area contributed by atoms with Crippen LogP contribution in [0.15, 0.2) is 89.9 Å². The number of hydrogen-bond donors (Lipinski definition) is 1. The predicted octanol–water partition coefficient (Wildman–Crippen LogP) is 7.16. The summed E-state index contributed by atoms with van der Waals surface area (Å²) in [5, 5.41) is 3.75. The molecule has 2 atom stereocenters. The van der Waals surface area contributed by atoms with Crippen molar-refractivity contribution in [3.63, 3.8) is 0 Å². The van der Waals surface area contributed by atoms with Gasteiger partial charge in [-0.2, -0.15) is 0 Å². The Morgan fingerprint density at radius 1 is 1.29 bits per heavy atom. The van der Waals surface area contributed by atoms with Gasteiger partial charge in [-0.3, -0.25) is 0 Å². The molecule has 4 heteroatoms. The molecule has 2 aliphatic carbocycles. The molecule has 0 fully saturated rings. The average Bonchev–Trinajstić information content (AvgIpc) is 2.88. The van der Waals surface area contributed by atoms with Crippen LogP contribution in [0.25, 0.3) is 0 Å². The van der Waals surface area contributed by atoms with Crippen molar-refractivity contribution in [1.29, 1.82) is 0 Å². The highest BCUT2D eigenvalue weighted by Crippen LogP contribution is 2.32. The van der Waals surface area contributed by atoms with Gasteiger partial charge in [-0.05, 0) is 69.4 Å². The second-order valence-electron chi connectivity index (χ2n) is 9.05. The maximum absolute atomic E-state index is 12.6. The van der Waals surface area contributed by atoms with E-state index in [-0.39, 0.29) is 12.0 Å². The predicted molar refractivity (Wildman–Crippen MR) is 147 cm³/mol. The second-order valence-corrected chi connectivity index (χ2v) is 9.05. The van der Waals surface area contributed by atoms with E-state index in [2.05, 4.69) is 66.4 Å². The van der Waals surface area contributed by atoms with Gasteiger partial charge in [-0.1, -0.05) is 60.8 Å². The van der Waals surface area contributed by atoms with Crippen molar-refractivity contribution in [3.05, 3.63) is 95.5 Å². The third-order valence-corrected chi connectivity index (χ3v) is 6.50. The largest absolute Gasteiger partial charge is 0.462 e. The highest BCUT2D eigenvalue weighted by atomic mass is 16.5. The molecule has 0 bridgehead atoms. The first-order valence-corrected chi connectivity index (χ1v) is 12.7. The van der Waals surface area contributed by atoms with Crippen LogP contribution in [-0.2, 0) is 4.74 Å². The average molecular weight is 471 g/mol. The van der Waals surface area contributed by atoms with Gasteiger partial charge < -0.3 is 15.0 Å². The number of nitrogens with zero attached hydrogens (tertiary/aromatic N) is 1. The number of benzene rings is 1. The molecule has 1 N–H and O–H groups in total. The smallest absolute Gasteiger partial charge is 0.338 e. The number of nitrogens with one attached hydrogen (secondary N) is 1. The van der Waals surface area contributed by atoms with Crippen molar-refractivity contribution in [2.45, 2.75) is 52.5 Å². The van der Waals surface area contributed by atoms with Crippen molar-refractivity contribution in [3.8, 4) is 0 Å². The van der Waals surface area contributed by atoms with Crippen LogP contribution in [-0.4, -0.2) is 31.7 Å². The van der Waals surface area contributed by atoms with Crippen LogP contribution in [0.4, 0.5) is 11.4 Å². The summed E-state index contributed by atoms with van der Waals surface area (Å²) in [6, 6.07) is 6.09. The minimum absolute atomic E-state index is 0.250. The zero-order chi connectivity index (χ0) is 25.0. The molecular weight excluding hydrogens is 432 g/mol. The van der Waals surface area contributed by atoms with E-state index >= 15 is 0 Å². The number of hydrogen-bond acceptors (Lipinski definition) is 4. The van der Waals surface area contributed by atoms with Crippen LogP contribution in [0, 0.1) is 5.92 Å². The fourth-order valence-corrected chi connectivity index (χ4v) is 4.50. The van der Waals surface area contributed by atoms with Crippen LogP contribution >= 0.6 is 0 Å². The third kappa shape index (κ3) is 7.52. The van der Waals surface area contributed by atoms with Crippen LogP contribution in [0.1, 0.15) is 56.8 Å². The van der Waals surface area contributed by atoms with Gasteiger partial charge in [0, 0.05) is 18.2 Å². The maximum atomic E-state index is 12.6. The van der Waals surface area contributed by atoms with Crippen LogP contribution in [0.3, 0.4) is 0 Å². The molecule has 4 nitrogen and oxygen atoms in total. The van der Waals surface area contributed by atoms with E-state index in [1.807, 2.05) is 43.4 Å². The van der Waals surface area contributed by atoms with Gasteiger partial charge >= 0.3 is 5.97 Å². The highest BCUT2D eigenvalue weighted by Gasteiger charge is 2.21. The number of carbonyl (C=O) groups is 1. The summed E-state index contributed by atoms with van der Waals surface area (Å²) in [4.78, 5) is 15.0. The lowest BCUT2D eigenvalue weighted by Crippen LogP contribution is -2.31. The molecule has 0 spiro atoms. The Kier molecular flexibility index (Phi) is 10.0. The molecule has 0 aliphatic heterocycles. The molecule has 35 heavy (non-hydrogen) atoms. The van der Waals surface area contributed by atoms with Gasteiger partial charge in [0.15, 0.2) is 0 Å². The number of allylic oxidation sites excluding steroid dienone is 6. The molecule has 184 valence electrons. The molecular formula is C31H38N2O2. The highest BCUT2D eigenvalue weighted by molar-refractivity contribution is 5.92. The minimum Gasteiger partial charge on any atom is -0.462 e. The molecule has 0 amide bonds. The molecule has 2 aliphatic rings. The van der Waals surface area contributed by atoms with E-state index in [4.69, 9.17) is 4.74 Å². The van der Waals surface area contributed by atoms with Crippen molar-refractivity contribution in [1.82, 2.24) is 0 Å². The third-order valence-electron chi connectivity index (χ3n) is 6.50. The molecule has 0 aromatic heterocycles. The Balaban J connectivity index is 2.03. The van der Waals surface area contributed by atoms with E-state index in [1.54, 1.807) is 0 Å². The quantitative estimate of drug-likeness (QED) is 0.189. The fraction of sp³-hybridized carbons (Fsp3) is 0.387. The van der Waals surface area contributed by atoms with Crippen LogP contribution < -0.4 is 10.2 Å². The monoisotopic (exact) mass is 470 g/mol. The topological polar surface area (TPSA) is 41.6 Å². The van der Waals surface area contributed by atoms with Gasteiger partial charge in [0.05, 0.1) is 30.1 Å². The molecule has 0 radical (unpaired) electrons. The first-order chi connectivity index (χ1) is 17.0. The molecule has 1 aromatic rings. The number of anilines is 2. The second kappa shape index (κ2) is 13.4. The fourth-order valence-electron chi connectivity index (χ4n) is 4.50. The lowest BCUT2D eigenvalue weighted by Gasteiger charge is -2.32. The molecule has 0 saturated carbocycles. The number of ether oxygens (including phenoxy) is 1. The number of carbonyl (C=O) groups excluding carboxylic acids is 1. The molecule has 3 rings (SSSR count). The van der Waals surface area contributed by atoms with Gasteiger partial charge in [0.2, 0.25) is 0 Å². The summed E-state index contributed by atoms with van der Waals surface area (Å²) in [6.07, 6.45) is 18.6. The summed E-state index contributed by atoms with van der Waals surface area (Å²) in [5.74, 6) is 0.174. The zero-order valence-corrected chi connectivity index (χ0v) is 21.3. The van der Waals surface area contributed by atoms with E-state index in [0.29, 0.717) is 24.6 Å². The first kappa shape index (κ1) is 26.2. The Morgan fingerprint density at radius 3 is 2.80 bits per heavy atom. The van der Waals surface area contributed by atoms with Gasteiger partial charge in [0.1, 0.15) is 0 Å². The molecule has 0 heterocycles. The number of rotatable bonds is 13. The van der Waals surface area contributed by atoms with Crippen LogP contribution in [0.2, 0.25) is 0 Å². The van der Waals surface area contributed by atoms with Crippen molar-refractivity contribution >= 4 is 17.3 Å². The Morgan fingerprint density at radius 2 is 2.14 bits per heavy atom. The summed E-state index contributed by atoms with van der Waals surface area (Å²) in [7, 11) is 0. The van der Waals surface area contributed by atoms with E-state index in [1.165, 1.54) is 5.57 Å². The number of esters is 1. The van der Waals surface area contributed by atoms with Crippen LogP contribution in [0.5, 0.6) is 0 Å². The van der Waals surface area contributed by atoms with E-state index < -0.39 is 0 Å². The van der Waals surface area contributed by atoms with E-state index in [0.717, 1.165) is 49.2 Å². The Hall–Kier alpha value is -3.45. The van der Waals surface area contributed by atoms with Crippen molar-refractivity contribution in [2.24, 2.45) is 5.92 Å². The van der Waals surface area contributed by atoms with Gasteiger partial charge in [0.25, 0.3) is 0 Å². The van der Waals surface area contributed by atoms with Crippen molar-refractivity contribution in [2.75, 3.05) is 29.9 Å². The lowest BCUT2D eigenvalue weighted by molar-refractivity contribution is 0.0526.